The largest absolute Gasteiger partial charge is 0.416 e. The summed E-state index contributed by atoms with van der Waals surface area (Å²) in [4.78, 5) is 19.3. The molecule has 1 aromatic carbocycles. The van der Waals surface area contributed by atoms with E-state index in [1.54, 1.807) is 5.38 Å². The second kappa shape index (κ2) is 7.58. The van der Waals surface area contributed by atoms with Gasteiger partial charge in [0.2, 0.25) is 0 Å². The fourth-order valence-corrected chi connectivity index (χ4v) is 4.49. The Balaban J connectivity index is 2.00. The number of alkyl halides is 3. The van der Waals surface area contributed by atoms with E-state index in [1.165, 1.54) is 41.2 Å². The fraction of sp³-hybridized carbons (Fsp3) is 0.412. The number of carbonyl (C=O) groups is 1. The van der Waals surface area contributed by atoms with Crippen LogP contribution < -0.4 is 4.90 Å². The van der Waals surface area contributed by atoms with Crippen molar-refractivity contribution < 1.29 is 22.7 Å². The fourth-order valence-electron chi connectivity index (χ4n) is 2.66. The maximum absolute atomic E-state index is 13.1. The lowest BCUT2D eigenvalue weighted by molar-refractivity contribution is -0.137. The third-order valence-electron chi connectivity index (χ3n) is 3.95. The highest BCUT2D eigenvalue weighted by molar-refractivity contribution is 8.00. The Labute approximate surface area is 157 Å². The Hall–Kier alpha value is -1.58. The van der Waals surface area contributed by atoms with Crippen LogP contribution in [0.1, 0.15) is 34.4 Å². The van der Waals surface area contributed by atoms with Crippen molar-refractivity contribution in [1.82, 2.24) is 4.98 Å². The molecule has 0 saturated carbocycles. The molecule has 1 aliphatic heterocycles. The lowest BCUT2D eigenvalue weighted by atomic mass is 10.1. The summed E-state index contributed by atoms with van der Waals surface area (Å²) in [7, 11) is 1.53. The molecule has 1 aromatic heterocycles. The highest BCUT2D eigenvalue weighted by Crippen LogP contribution is 2.41. The maximum atomic E-state index is 13.1. The number of anilines is 1. The molecule has 2 aromatic rings. The van der Waals surface area contributed by atoms with E-state index in [-0.39, 0.29) is 16.9 Å². The number of hydrogen-bond donors (Lipinski definition) is 0. The Morgan fingerprint density at radius 3 is 2.88 bits per heavy atom. The van der Waals surface area contributed by atoms with E-state index in [4.69, 9.17) is 4.74 Å². The molecule has 0 unspecified atom stereocenters. The van der Waals surface area contributed by atoms with Crippen LogP contribution >= 0.6 is 23.1 Å². The van der Waals surface area contributed by atoms with Crippen molar-refractivity contribution in [1.29, 1.82) is 0 Å². The van der Waals surface area contributed by atoms with Gasteiger partial charge in [0.05, 0.1) is 17.9 Å². The zero-order valence-corrected chi connectivity index (χ0v) is 15.8. The second-order valence-electron chi connectivity index (χ2n) is 5.91. The normalized spacial score (nSPS) is 17.7. The molecule has 26 heavy (non-hydrogen) atoms. The van der Waals surface area contributed by atoms with Crippen LogP contribution in [0.2, 0.25) is 0 Å². The molecule has 1 amide bonds. The number of benzene rings is 1. The Bertz CT molecular complexity index is 808. The first-order chi connectivity index (χ1) is 12.3. The van der Waals surface area contributed by atoms with Crippen molar-refractivity contribution >= 4 is 34.7 Å². The molecule has 0 fully saturated rings. The monoisotopic (exact) mass is 402 g/mol. The van der Waals surface area contributed by atoms with Crippen LogP contribution in [0.25, 0.3) is 0 Å². The molecule has 0 N–H and O–H groups in total. The Kier molecular flexibility index (Phi) is 5.59. The number of halogens is 3. The van der Waals surface area contributed by atoms with Gasteiger partial charge in [0.1, 0.15) is 10.7 Å². The summed E-state index contributed by atoms with van der Waals surface area (Å²) in [6, 6.07) is 3.56. The zero-order chi connectivity index (χ0) is 18.9. The van der Waals surface area contributed by atoms with E-state index in [2.05, 4.69) is 4.98 Å². The minimum atomic E-state index is -4.46. The lowest BCUT2D eigenvalue weighted by Gasteiger charge is -2.22. The first-order valence-electron chi connectivity index (χ1n) is 7.92. The SMILES string of the molecule is COCc1nc(C(=O)N2CC[C@@H](C)Sc3ccc(C(F)(F)F)cc32)cs1. The van der Waals surface area contributed by atoms with Crippen LogP contribution in [0.3, 0.4) is 0 Å². The van der Waals surface area contributed by atoms with Gasteiger partial charge >= 0.3 is 6.18 Å². The molecule has 0 radical (unpaired) electrons. The van der Waals surface area contributed by atoms with Crippen LogP contribution in [-0.2, 0) is 17.5 Å². The van der Waals surface area contributed by atoms with Gasteiger partial charge in [0, 0.05) is 29.2 Å². The lowest BCUT2D eigenvalue weighted by Crippen LogP contribution is -2.32. The molecule has 1 aliphatic rings. The minimum absolute atomic E-state index is 0.197. The van der Waals surface area contributed by atoms with Gasteiger partial charge in [0.15, 0.2) is 0 Å². The van der Waals surface area contributed by atoms with Crippen LogP contribution in [-0.4, -0.2) is 29.8 Å². The van der Waals surface area contributed by atoms with Gasteiger partial charge in [-0.3, -0.25) is 4.79 Å². The molecule has 3 rings (SSSR count). The predicted octanol–water partition coefficient (Wildman–Crippen LogP) is 4.84. The van der Waals surface area contributed by atoms with Gasteiger partial charge in [-0.2, -0.15) is 13.2 Å². The summed E-state index contributed by atoms with van der Waals surface area (Å²) < 4.78 is 44.4. The molecule has 2 heterocycles. The van der Waals surface area contributed by atoms with Gasteiger partial charge in [-0.05, 0) is 24.6 Å². The number of nitrogens with zero attached hydrogens (tertiary/aromatic N) is 2. The number of thioether (sulfide) groups is 1. The highest BCUT2D eigenvalue weighted by Gasteiger charge is 2.34. The van der Waals surface area contributed by atoms with Gasteiger partial charge in [0.25, 0.3) is 5.91 Å². The number of amides is 1. The third-order valence-corrected chi connectivity index (χ3v) is 6.01. The Morgan fingerprint density at radius 1 is 1.42 bits per heavy atom. The summed E-state index contributed by atoms with van der Waals surface area (Å²) in [5, 5.41) is 2.46. The van der Waals surface area contributed by atoms with E-state index in [0.717, 1.165) is 12.1 Å². The Morgan fingerprint density at radius 2 is 2.19 bits per heavy atom. The van der Waals surface area contributed by atoms with E-state index >= 15 is 0 Å². The molecule has 4 nitrogen and oxygen atoms in total. The maximum Gasteiger partial charge on any atom is 0.416 e. The third kappa shape index (κ3) is 4.05. The van der Waals surface area contributed by atoms with Gasteiger partial charge in [-0.25, -0.2) is 4.98 Å². The number of thiazole rings is 1. The smallest absolute Gasteiger partial charge is 0.378 e. The molecule has 0 saturated heterocycles. The summed E-state index contributed by atoms with van der Waals surface area (Å²) in [6.07, 6.45) is -3.78. The molecular weight excluding hydrogens is 385 g/mol. The molecule has 140 valence electrons. The molecule has 1 atom stereocenters. The second-order valence-corrected chi connectivity index (χ2v) is 8.34. The molecule has 0 aliphatic carbocycles. The highest BCUT2D eigenvalue weighted by atomic mass is 32.2. The first-order valence-corrected chi connectivity index (χ1v) is 9.68. The average molecular weight is 402 g/mol. The van der Waals surface area contributed by atoms with Crippen LogP contribution in [0.15, 0.2) is 28.5 Å². The predicted molar refractivity (Wildman–Crippen MR) is 95.9 cm³/mol. The minimum Gasteiger partial charge on any atom is -0.378 e. The standard InChI is InChI=1S/C17H17F3N2O2S2/c1-10-5-6-22(16(23)12-9-25-15(21-12)8-24-2)13-7-11(17(18,19)20)3-4-14(13)26-10/h3-4,7,9-10H,5-6,8H2,1-2H3/t10-/m1/s1. The summed E-state index contributed by atoms with van der Waals surface area (Å²) in [6.45, 7) is 2.64. The van der Waals surface area contributed by atoms with Gasteiger partial charge in [-0.1, -0.05) is 6.92 Å². The summed E-state index contributed by atoms with van der Waals surface area (Å²) in [5.41, 5.74) is -0.243. The van der Waals surface area contributed by atoms with E-state index in [9.17, 15) is 18.0 Å². The van der Waals surface area contributed by atoms with Gasteiger partial charge < -0.3 is 9.64 Å². The van der Waals surface area contributed by atoms with Crippen LogP contribution in [0.4, 0.5) is 18.9 Å². The number of fused-ring (bicyclic) bond motifs is 1. The molecule has 0 spiro atoms. The quantitative estimate of drug-likeness (QED) is 0.737. The van der Waals surface area contributed by atoms with E-state index < -0.39 is 11.7 Å². The number of aromatic nitrogens is 1. The topological polar surface area (TPSA) is 42.4 Å². The van der Waals surface area contributed by atoms with Crippen molar-refractivity contribution in [3.05, 3.63) is 39.8 Å². The number of carbonyl (C=O) groups excluding carboxylic acids is 1. The number of ether oxygens (including phenoxy) is 1. The van der Waals surface area contributed by atoms with E-state index in [1.807, 2.05) is 6.92 Å². The van der Waals surface area contributed by atoms with Crippen LogP contribution in [0.5, 0.6) is 0 Å². The van der Waals surface area contributed by atoms with Crippen molar-refractivity contribution in [2.75, 3.05) is 18.6 Å². The number of methoxy groups -OCH3 is 1. The van der Waals surface area contributed by atoms with Crippen molar-refractivity contribution in [3.8, 4) is 0 Å². The van der Waals surface area contributed by atoms with Gasteiger partial charge in [-0.15, -0.1) is 23.1 Å². The number of rotatable bonds is 3. The van der Waals surface area contributed by atoms with Crippen LogP contribution in [0, 0.1) is 0 Å². The molecule has 0 bridgehead atoms. The zero-order valence-electron chi connectivity index (χ0n) is 14.2. The van der Waals surface area contributed by atoms with E-state index in [0.29, 0.717) is 35.2 Å². The summed E-state index contributed by atoms with van der Waals surface area (Å²) >= 11 is 2.77. The first kappa shape index (κ1) is 19.2. The summed E-state index contributed by atoms with van der Waals surface area (Å²) in [5.74, 6) is -0.390. The molecular formula is C17H17F3N2O2S2. The average Bonchev–Trinajstić information content (AvgIpc) is 2.97. The van der Waals surface area contributed by atoms with Crippen molar-refractivity contribution in [2.24, 2.45) is 0 Å². The van der Waals surface area contributed by atoms with Crippen molar-refractivity contribution in [2.45, 2.75) is 36.3 Å². The molecule has 9 heteroatoms. The number of hydrogen-bond acceptors (Lipinski definition) is 5. The van der Waals surface area contributed by atoms with Crippen molar-refractivity contribution in [3.63, 3.8) is 0 Å².